The van der Waals surface area contributed by atoms with Crippen molar-refractivity contribution in [1.82, 2.24) is 9.80 Å². The van der Waals surface area contributed by atoms with Gasteiger partial charge in [-0.3, -0.25) is 9.59 Å². The van der Waals surface area contributed by atoms with Gasteiger partial charge in [-0.1, -0.05) is 12.1 Å². The molecule has 4 nitrogen and oxygen atoms in total. The van der Waals surface area contributed by atoms with Crippen molar-refractivity contribution in [3.63, 3.8) is 0 Å². The van der Waals surface area contributed by atoms with Crippen molar-refractivity contribution in [3.8, 4) is 0 Å². The van der Waals surface area contributed by atoms with Gasteiger partial charge in [-0.25, -0.2) is 8.78 Å². The van der Waals surface area contributed by atoms with Crippen molar-refractivity contribution in [2.75, 3.05) is 19.6 Å². The van der Waals surface area contributed by atoms with Crippen molar-refractivity contribution in [2.24, 2.45) is 0 Å². The van der Waals surface area contributed by atoms with Crippen LogP contribution in [0.25, 0.3) is 0 Å². The van der Waals surface area contributed by atoms with Gasteiger partial charge in [0.25, 0.3) is 0 Å². The normalized spacial score (nSPS) is 24.2. The Labute approximate surface area is 140 Å². The summed E-state index contributed by atoms with van der Waals surface area (Å²) in [5.41, 5.74) is 0.660. The average molecular weight is 336 g/mol. The van der Waals surface area contributed by atoms with E-state index in [1.807, 2.05) is 0 Å². The van der Waals surface area contributed by atoms with Crippen LogP contribution in [0, 0.1) is 5.82 Å². The second-order valence-corrected chi connectivity index (χ2v) is 6.58. The molecular formula is C18H22F2N2O2. The smallest absolute Gasteiger partial charge is 0.245 e. The molecule has 2 heterocycles. The van der Waals surface area contributed by atoms with E-state index in [-0.39, 0.29) is 37.0 Å². The number of amides is 2. The zero-order chi connectivity index (χ0) is 17.1. The minimum absolute atomic E-state index is 0.0374. The van der Waals surface area contributed by atoms with Crippen LogP contribution in [-0.4, -0.2) is 53.5 Å². The number of piperidine rings is 1. The van der Waals surface area contributed by atoms with Crippen LogP contribution in [0.15, 0.2) is 24.3 Å². The van der Waals surface area contributed by atoms with Crippen molar-refractivity contribution in [2.45, 2.75) is 44.3 Å². The van der Waals surface area contributed by atoms with Crippen LogP contribution in [0.2, 0.25) is 0 Å². The summed E-state index contributed by atoms with van der Waals surface area (Å²) in [7, 11) is 0. The molecule has 2 aliphatic rings. The zero-order valence-electron chi connectivity index (χ0n) is 13.6. The van der Waals surface area contributed by atoms with E-state index < -0.39 is 12.2 Å². The number of hydrogen-bond donors (Lipinski definition) is 0. The van der Waals surface area contributed by atoms with E-state index in [9.17, 15) is 18.4 Å². The molecule has 0 saturated carbocycles. The summed E-state index contributed by atoms with van der Waals surface area (Å²) in [5.74, 6) is -0.784. The van der Waals surface area contributed by atoms with E-state index in [0.717, 1.165) is 19.3 Å². The van der Waals surface area contributed by atoms with E-state index in [2.05, 4.69) is 0 Å². The molecule has 2 atom stereocenters. The van der Waals surface area contributed by atoms with Gasteiger partial charge in [0.1, 0.15) is 18.0 Å². The predicted molar refractivity (Wildman–Crippen MR) is 85.5 cm³/mol. The summed E-state index contributed by atoms with van der Waals surface area (Å²) in [5, 5.41) is 0. The fourth-order valence-corrected chi connectivity index (χ4v) is 3.50. The molecule has 0 N–H and O–H groups in total. The molecule has 130 valence electrons. The number of halogens is 2. The third-order valence-corrected chi connectivity index (χ3v) is 4.79. The Morgan fingerprint density at radius 1 is 1.08 bits per heavy atom. The van der Waals surface area contributed by atoms with Gasteiger partial charge >= 0.3 is 0 Å². The van der Waals surface area contributed by atoms with Crippen LogP contribution >= 0.6 is 0 Å². The van der Waals surface area contributed by atoms with Gasteiger partial charge in [0.2, 0.25) is 11.8 Å². The van der Waals surface area contributed by atoms with Gasteiger partial charge < -0.3 is 9.80 Å². The minimum Gasteiger partial charge on any atom is -0.341 e. The van der Waals surface area contributed by atoms with Crippen LogP contribution in [0.4, 0.5) is 8.78 Å². The SMILES string of the molecule is O=C([C@@H]1C[C@H](F)CN1C(=O)Cc1ccc(F)cc1)N1CCCCC1. The molecule has 0 radical (unpaired) electrons. The van der Waals surface area contributed by atoms with Crippen LogP contribution in [0.1, 0.15) is 31.2 Å². The molecule has 6 heteroatoms. The lowest BCUT2D eigenvalue weighted by atomic mass is 10.1. The molecule has 2 saturated heterocycles. The molecule has 1 aromatic carbocycles. The summed E-state index contributed by atoms with van der Waals surface area (Å²) in [6, 6.07) is 4.96. The van der Waals surface area contributed by atoms with Gasteiger partial charge in [-0.2, -0.15) is 0 Å². The van der Waals surface area contributed by atoms with Gasteiger partial charge in [-0.05, 0) is 37.0 Å². The molecule has 0 unspecified atom stereocenters. The predicted octanol–water partition coefficient (Wildman–Crippen LogP) is 2.32. The average Bonchev–Trinajstić information content (AvgIpc) is 2.99. The van der Waals surface area contributed by atoms with E-state index in [1.54, 1.807) is 4.90 Å². The molecule has 3 rings (SSSR count). The topological polar surface area (TPSA) is 40.6 Å². The molecule has 24 heavy (non-hydrogen) atoms. The highest BCUT2D eigenvalue weighted by atomic mass is 19.1. The lowest BCUT2D eigenvalue weighted by molar-refractivity contribution is -0.144. The van der Waals surface area contributed by atoms with Crippen LogP contribution in [0.5, 0.6) is 0 Å². The number of alkyl halides is 1. The number of carbonyl (C=O) groups excluding carboxylic acids is 2. The van der Waals surface area contributed by atoms with E-state index in [1.165, 1.54) is 29.2 Å². The molecule has 0 spiro atoms. The Hall–Kier alpha value is -1.98. The van der Waals surface area contributed by atoms with Crippen LogP contribution < -0.4 is 0 Å². The van der Waals surface area contributed by atoms with Gasteiger partial charge in [-0.15, -0.1) is 0 Å². The molecule has 0 bridgehead atoms. The summed E-state index contributed by atoms with van der Waals surface area (Å²) >= 11 is 0. The number of nitrogens with zero attached hydrogens (tertiary/aromatic N) is 2. The summed E-state index contributed by atoms with van der Waals surface area (Å²) < 4.78 is 26.8. The minimum atomic E-state index is -1.17. The molecule has 2 aliphatic heterocycles. The highest BCUT2D eigenvalue weighted by Crippen LogP contribution is 2.24. The van der Waals surface area contributed by atoms with E-state index >= 15 is 0 Å². The summed E-state index contributed by atoms with van der Waals surface area (Å²) in [6.07, 6.45) is 1.98. The Kier molecular flexibility index (Phi) is 5.11. The molecule has 2 fully saturated rings. The quantitative estimate of drug-likeness (QED) is 0.850. The molecular weight excluding hydrogens is 314 g/mol. The van der Waals surface area contributed by atoms with Crippen LogP contribution in [-0.2, 0) is 16.0 Å². The lowest BCUT2D eigenvalue weighted by Gasteiger charge is -2.32. The number of benzene rings is 1. The number of likely N-dealkylation sites (tertiary alicyclic amines) is 2. The Morgan fingerprint density at radius 2 is 1.75 bits per heavy atom. The maximum Gasteiger partial charge on any atom is 0.245 e. The molecule has 1 aromatic rings. The molecule has 0 aliphatic carbocycles. The first-order valence-corrected chi connectivity index (χ1v) is 8.51. The highest BCUT2D eigenvalue weighted by molar-refractivity contribution is 5.89. The monoisotopic (exact) mass is 336 g/mol. The summed E-state index contributed by atoms with van der Waals surface area (Å²) in [6.45, 7) is 1.34. The maximum atomic E-state index is 13.9. The highest BCUT2D eigenvalue weighted by Gasteiger charge is 2.41. The number of hydrogen-bond acceptors (Lipinski definition) is 2. The second-order valence-electron chi connectivity index (χ2n) is 6.58. The number of carbonyl (C=O) groups is 2. The molecule has 0 aromatic heterocycles. The van der Waals surface area contributed by atoms with Crippen molar-refractivity contribution in [1.29, 1.82) is 0 Å². The standard InChI is InChI=1S/C18H22F2N2O2/c19-14-6-4-13(5-7-14)10-17(23)22-12-15(20)11-16(22)18(24)21-8-2-1-3-9-21/h4-7,15-16H,1-3,8-12H2/t15-,16-/m0/s1. The van der Waals surface area contributed by atoms with Crippen molar-refractivity contribution in [3.05, 3.63) is 35.6 Å². The maximum absolute atomic E-state index is 13.9. The van der Waals surface area contributed by atoms with Gasteiger partial charge in [0.05, 0.1) is 13.0 Å². The van der Waals surface area contributed by atoms with Crippen molar-refractivity contribution < 1.29 is 18.4 Å². The first-order valence-electron chi connectivity index (χ1n) is 8.51. The Morgan fingerprint density at radius 3 is 2.42 bits per heavy atom. The fraction of sp³-hybridized carbons (Fsp3) is 0.556. The first-order chi connectivity index (χ1) is 11.5. The molecule has 2 amide bonds. The van der Waals surface area contributed by atoms with Crippen molar-refractivity contribution >= 4 is 11.8 Å². The fourth-order valence-electron chi connectivity index (χ4n) is 3.50. The lowest BCUT2D eigenvalue weighted by Crippen LogP contribution is -2.49. The third kappa shape index (κ3) is 3.74. The summed E-state index contributed by atoms with van der Waals surface area (Å²) in [4.78, 5) is 28.3. The Balaban J connectivity index is 1.68. The number of rotatable bonds is 3. The van der Waals surface area contributed by atoms with Gasteiger partial charge in [0, 0.05) is 19.5 Å². The third-order valence-electron chi connectivity index (χ3n) is 4.79. The van der Waals surface area contributed by atoms with Crippen LogP contribution in [0.3, 0.4) is 0 Å². The second kappa shape index (κ2) is 7.28. The van der Waals surface area contributed by atoms with E-state index in [4.69, 9.17) is 0 Å². The van der Waals surface area contributed by atoms with Gasteiger partial charge in [0.15, 0.2) is 0 Å². The Bertz CT molecular complexity index is 600. The first kappa shape index (κ1) is 16.9. The zero-order valence-corrected chi connectivity index (χ0v) is 13.6. The van der Waals surface area contributed by atoms with E-state index in [0.29, 0.717) is 18.7 Å². The largest absolute Gasteiger partial charge is 0.341 e.